The van der Waals surface area contributed by atoms with Crippen molar-refractivity contribution in [1.29, 1.82) is 0 Å². The van der Waals surface area contributed by atoms with E-state index in [-0.39, 0.29) is 11.6 Å². The number of carbonyl (C=O) groups excluding carboxylic acids is 2. The van der Waals surface area contributed by atoms with Gasteiger partial charge in [-0.2, -0.15) is 0 Å². The third-order valence-electron chi connectivity index (χ3n) is 5.94. The van der Waals surface area contributed by atoms with Crippen LogP contribution in [-0.4, -0.2) is 49.7 Å². The molecule has 0 saturated heterocycles. The van der Waals surface area contributed by atoms with Crippen molar-refractivity contribution in [3.8, 4) is 0 Å². The van der Waals surface area contributed by atoms with Crippen LogP contribution in [0.4, 0.5) is 0 Å². The highest BCUT2D eigenvalue weighted by atomic mass is 16.1. The molecule has 0 aromatic carbocycles. The largest absolute Gasteiger partial charge is 0.383 e. The molecule has 2 aliphatic carbocycles. The normalized spacial score (nSPS) is 16.6. The first-order chi connectivity index (χ1) is 14.3. The number of carbonyl (C=O) groups is 2. The molecule has 2 fully saturated rings. The molecule has 0 bridgehead atoms. The summed E-state index contributed by atoms with van der Waals surface area (Å²) in [6.07, 6.45) is 14.3. The van der Waals surface area contributed by atoms with Crippen molar-refractivity contribution in [3.05, 3.63) is 47.7 Å². The predicted molar refractivity (Wildman–Crippen MR) is 117 cm³/mol. The van der Waals surface area contributed by atoms with Crippen LogP contribution in [0.1, 0.15) is 90.2 Å². The number of Topliss-reactive ketones (excluding diaryl/α,β-unsaturated/α-hetero) is 1. The minimum atomic E-state index is 0.0335. The van der Waals surface area contributed by atoms with Gasteiger partial charge in [-0.1, -0.05) is 0 Å². The van der Waals surface area contributed by atoms with Crippen molar-refractivity contribution in [2.75, 3.05) is 14.1 Å². The molecule has 7 nitrogen and oxygen atoms in total. The average Bonchev–Trinajstić information content (AvgIpc) is 3.15. The van der Waals surface area contributed by atoms with E-state index in [2.05, 4.69) is 19.1 Å². The molecule has 0 amide bonds. The van der Waals surface area contributed by atoms with Crippen LogP contribution < -0.4 is 0 Å². The molecule has 0 atom stereocenters. The lowest BCUT2D eigenvalue weighted by Gasteiger charge is -2.29. The lowest BCUT2D eigenvalue weighted by molar-refractivity contribution is 0.101. The predicted octanol–water partition coefficient (Wildman–Crippen LogP) is 4.29. The second kappa shape index (κ2) is 9.41. The van der Waals surface area contributed by atoms with Gasteiger partial charge in [0, 0.05) is 51.6 Å². The summed E-state index contributed by atoms with van der Waals surface area (Å²) in [6, 6.07) is 1.07. The minimum absolute atomic E-state index is 0.0335. The Kier molecular flexibility index (Phi) is 6.90. The van der Waals surface area contributed by atoms with Crippen molar-refractivity contribution < 1.29 is 9.59 Å². The smallest absolute Gasteiger partial charge is 0.205 e. The standard InChI is InChI=1S/C13H19N3O.C10H14N2O/c1-10-14-9-12(13(17)7-8-15(2)3)16(10)11-5-4-6-11;1-7(13)10-6-12(8(2)11-10)9-4-3-5-9/h7-9,11H,4-6H2,1-3H3;6,9H,3-5H2,1-2H3. The molecule has 2 heterocycles. The van der Waals surface area contributed by atoms with Gasteiger partial charge in [0.15, 0.2) is 5.78 Å². The number of hydrogen-bond acceptors (Lipinski definition) is 5. The summed E-state index contributed by atoms with van der Waals surface area (Å²) in [4.78, 5) is 33.5. The SMILES string of the molecule is CC(=O)c1cn(C2CCC2)c(C)n1.Cc1ncc(C(=O)C=CN(C)C)n1C1CCC1. The number of rotatable bonds is 6. The molecule has 2 aromatic rings. The van der Waals surface area contributed by atoms with Gasteiger partial charge in [0.1, 0.15) is 23.0 Å². The summed E-state index contributed by atoms with van der Waals surface area (Å²) in [7, 11) is 3.80. The van der Waals surface area contributed by atoms with Crippen LogP contribution in [-0.2, 0) is 0 Å². The number of aryl methyl sites for hydroxylation is 2. The van der Waals surface area contributed by atoms with Crippen LogP contribution in [0.2, 0.25) is 0 Å². The van der Waals surface area contributed by atoms with Gasteiger partial charge in [0.25, 0.3) is 0 Å². The molecule has 0 N–H and O–H groups in total. The molecule has 0 unspecified atom stereocenters. The minimum Gasteiger partial charge on any atom is -0.383 e. The van der Waals surface area contributed by atoms with E-state index in [0.717, 1.165) is 24.5 Å². The zero-order chi connectivity index (χ0) is 21.8. The van der Waals surface area contributed by atoms with Crippen molar-refractivity contribution in [2.45, 2.75) is 71.4 Å². The maximum Gasteiger partial charge on any atom is 0.205 e. The van der Waals surface area contributed by atoms with Gasteiger partial charge in [0.2, 0.25) is 5.78 Å². The molecule has 2 aliphatic rings. The number of nitrogens with zero attached hydrogens (tertiary/aromatic N) is 5. The van der Waals surface area contributed by atoms with Gasteiger partial charge < -0.3 is 14.0 Å². The van der Waals surface area contributed by atoms with Crippen molar-refractivity contribution in [2.24, 2.45) is 0 Å². The second-order valence-electron chi connectivity index (χ2n) is 8.51. The molecule has 0 radical (unpaired) electrons. The monoisotopic (exact) mass is 411 g/mol. The fourth-order valence-corrected chi connectivity index (χ4v) is 3.73. The third kappa shape index (κ3) is 4.89. The highest BCUT2D eigenvalue weighted by Crippen LogP contribution is 2.34. The van der Waals surface area contributed by atoms with Crippen LogP contribution in [0.15, 0.2) is 24.7 Å². The number of hydrogen-bond donors (Lipinski definition) is 0. The Morgan fingerprint density at radius 1 is 1.07 bits per heavy atom. The van der Waals surface area contributed by atoms with Crippen LogP contribution in [0.3, 0.4) is 0 Å². The first-order valence-electron chi connectivity index (χ1n) is 10.8. The summed E-state index contributed by atoms with van der Waals surface area (Å²) in [5, 5.41) is 0. The van der Waals surface area contributed by atoms with E-state index < -0.39 is 0 Å². The van der Waals surface area contributed by atoms with E-state index in [9.17, 15) is 9.59 Å². The molecule has 4 rings (SSSR count). The van der Waals surface area contributed by atoms with Crippen LogP contribution in [0.25, 0.3) is 0 Å². The van der Waals surface area contributed by atoms with Crippen LogP contribution in [0, 0.1) is 13.8 Å². The van der Waals surface area contributed by atoms with Crippen molar-refractivity contribution in [1.82, 2.24) is 24.0 Å². The van der Waals surface area contributed by atoms with Gasteiger partial charge in [-0.05, 0) is 52.4 Å². The maximum atomic E-state index is 12.1. The first-order valence-corrected chi connectivity index (χ1v) is 10.8. The second-order valence-corrected chi connectivity index (χ2v) is 8.51. The zero-order valence-electron chi connectivity index (χ0n) is 18.8. The molecule has 162 valence electrons. The Labute approximate surface area is 178 Å². The highest BCUT2D eigenvalue weighted by Gasteiger charge is 2.25. The quantitative estimate of drug-likeness (QED) is 0.524. The summed E-state index contributed by atoms with van der Waals surface area (Å²) in [5.41, 5.74) is 1.31. The summed E-state index contributed by atoms with van der Waals surface area (Å²) >= 11 is 0. The summed E-state index contributed by atoms with van der Waals surface area (Å²) < 4.78 is 4.23. The summed E-state index contributed by atoms with van der Waals surface area (Å²) in [6.45, 7) is 5.49. The lowest BCUT2D eigenvalue weighted by atomic mass is 9.92. The first kappa shape index (κ1) is 22.0. The Morgan fingerprint density at radius 2 is 1.70 bits per heavy atom. The van der Waals surface area contributed by atoms with E-state index in [1.807, 2.05) is 39.0 Å². The van der Waals surface area contributed by atoms with E-state index in [0.29, 0.717) is 23.5 Å². The fourth-order valence-electron chi connectivity index (χ4n) is 3.73. The van der Waals surface area contributed by atoms with Crippen molar-refractivity contribution >= 4 is 11.6 Å². The molecule has 0 aliphatic heterocycles. The van der Waals surface area contributed by atoms with Gasteiger partial charge >= 0.3 is 0 Å². The van der Waals surface area contributed by atoms with E-state index in [4.69, 9.17) is 0 Å². The Morgan fingerprint density at radius 3 is 2.17 bits per heavy atom. The number of ketones is 2. The van der Waals surface area contributed by atoms with E-state index in [1.165, 1.54) is 25.7 Å². The molecule has 0 spiro atoms. The Balaban J connectivity index is 0.000000177. The van der Waals surface area contributed by atoms with E-state index in [1.54, 1.807) is 25.4 Å². The molecule has 2 saturated carbocycles. The molecule has 30 heavy (non-hydrogen) atoms. The van der Waals surface area contributed by atoms with Gasteiger partial charge in [-0.15, -0.1) is 0 Å². The average molecular weight is 412 g/mol. The van der Waals surface area contributed by atoms with Crippen molar-refractivity contribution in [3.63, 3.8) is 0 Å². The number of allylic oxidation sites excluding steroid dienone is 1. The lowest BCUT2D eigenvalue weighted by Crippen LogP contribution is -2.21. The molecule has 7 heteroatoms. The summed E-state index contributed by atoms with van der Waals surface area (Å²) in [5.74, 6) is 2.00. The van der Waals surface area contributed by atoms with Crippen LogP contribution >= 0.6 is 0 Å². The number of imidazole rings is 2. The van der Waals surface area contributed by atoms with Gasteiger partial charge in [-0.3, -0.25) is 9.59 Å². The van der Waals surface area contributed by atoms with Gasteiger partial charge in [-0.25, -0.2) is 9.97 Å². The molecular weight excluding hydrogens is 378 g/mol. The van der Waals surface area contributed by atoms with E-state index >= 15 is 0 Å². The van der Waals surface area contributed by atoms with Gasteiger partial charge in [0.05, 0.1) is 6.20 Å². The maximum absolute atomic E-state index is 12.1. The molecular formula is C23H33N5O2. The fraction of sp³-hybridized carbons (Fsp3) is 0.565. The molecule has 2 aromatic heterocycles. The highest BCUT2D eigenvalue weighted by molar-refractivity contribution is 6.03. The Bertz CT molecular complexity index is 930. The zero-order valence-corrected chi connectivity index (χ0v) is 18.8. The number of aromatic nitrogens is 4. The van der Waals surface area contributed by atoms with Crippen LogP contribution in [0.5, 0.6) is 0 Å². The third-order valence-corrected chi connectivity index (χ3v) is 5.94. The topological polar surface area (TPSA) is 73.0 Å². The Hall–Kier alpha value is -2.70.